The Labute approximate surface area is 121 Å². The van der Waals surface area contributed by atoms with Crippen LogP contribution in [0.15, 0.2) is 16.6 Å². The summed E-state index contributed by atoms with van der Waals surface area (Å²) >= 11 is 3.43. The summed E-state index contributed by atoms with van der Waals surface area (Å²) in [4.78, 5) is 10.7. The molecule has 19 heavy (non-hydrogen) atoms. The van der Waals surface area contributed by atoms with Gasteiger partial charge in [0, 0.05) is 6.54 Å². The third-order valence-electron chi connectivity index (χ3n) is 2.56. The van der Waals surface area contributed by atoms with Crippen LogP contribution in [0.1, 0.15) is 19.4 Å². The van der Waals surface area contributed by atoms with Crippen LogP contribution in [0.2, 0.25) is 0 Å². The topological polar surface area (TPSA) is 67.8 Å². The molecular weight excluding hydrogens is 314 g/mol. The standard InChI is InChI=1S/C13H18BrNO4/c1-4-19-12-10(14)5-9(6-11(12)18-3)7-15-8(2)13(16)17/h5-6,8,15H,4,7H2,1-3H3,(H,16,17). The Morgan fingerprint density at radius 3 is 2.74 bits per heavy atom. The van der Waals surface area contributed by atoms with Crippen molar-refractivity contribution < 1.29 is 19.4 Å². The van der Waals surface area contributed by atoms with Gasteiger partial charge in [-0.05, 0) is 47.5 Å². The normalized spacial score (nSPS) is 12.0. The number of halogens is 1. The lowest BCUT2D eigenvalue weighted by molar-refractivity contribution is -0.139. The van der Waals surface area contributed by atoms with Crippen molar-refractivity contribution in [2.75, 3.05) is 13.7 Å². The fourth-order valence-electron chi connectivity index (χ4n) is 1.52. The smallest absolute Gasteiger partial charge is 0.320 e. The monoisotopic (exact) mass is 331 g/mol. The molecule has 1 rings (SSSR count). The van der Waals surface area contributed by atoms with E-state index in [1.807, 2.05) is 19.1 Å². The summed E-state index contributed by atoms with van der Waals surface area (Å²) in [6.45, 7) is 4.48. The Bertz CT molecular complexity index is 451. The van der Waals surface area contributed by atoms with Crippen LogP contribution in [-0.2, 0) is 11.3 Å². The molecule has 0 spiro atoms. The van der Waals surface area contributed by atoms with Gasteiger partial charge in [-0.25, -0.2) is 0 Å². The van der Waals surface area contributed by atoms with Crippen LogP contribution in [0.3, 0.4) is 0 Å². The average Bonchev–Trinajstić information content (AvgIpc) is 2.38. The van der Waals surface area contributed by atoms with Crippen LogP contribution in [-0.4, -0.2) is 30.8 Å². The maximum atomic E-state index is 10.7. The minimum absolute atomic E-state index is 0.439. The first kappa shape index (κ1) is 15.8. The van der Waals surface area contributed by atoms with Crippen molar-refractivity contribution in [2.24, 2.45) is 0 Å². The summed E-state index contributed by atoms with van der Waals surface area (Å²) in [6.07, 6.45) is 0. The van der Waals surface area contributed by atoms with Gasteiger partial charge in [0.05, 0.1) is 18.2 Å². The highest BCUT2D eigenvalue weighted by Crippen LogP contribution is 2.36. The fraction of sp³-hybridized carbons (Fsp3) is 0.462. The zero-order chi connectivity index (χ0) is 14.4. The van der Waals surface area contributed by atoms with E-state index in [4.69, 9.17) is 14.6 Å². The van der Waals surface area contributed by atoms with E-state index in [1.54, 1.807) is 14.0 Å². The van der Waals surface area contributed by atoms with Gasteiger partial charge in [0.25, 0.3) is 0 Å². The highest BCUT2D eigenvalue weighted by Gasteiger charge is 2.13. The van der Waals surface area contributed by atoms with E-state index in [-0.39, 0.29) is 0 Å². The molecule has 1 atom stereocenters. The first-order chi connectivity index (χ1) is 8.99. The van der Waals surface area contributed by atoms with Crippen LogP contribution < -0.4 is 14.8 Å². The van der Waals surface area contributed by atoms with Gasteiger partial charge < -0.3 is 19.9 Å². The van der Waals surface area contributed by atoms with Gasteiger partial charge in [-0.1, -0.05) is 0 Å². The van der Waals surface area contributed by atoms with Crippen molar-refractivity contribution in [3.8, 4) is 11.5 Å². The van der Waals surface area contributed by atoms with E-state index in [9.17, 15) is 4.79 Å². The number of rotatable bonds is 7. The SMILES string of the molecule is CCOc1c(Br)cc(CNC(C)C(=O)O)cc1OC. The minimum atomic E-state index is -0.878. The molecule has 0 aromatic heterocycles. The first-order valence-electron chi connectivity index (χ1n) is 5.95. The summed E-state index contributed by atoms with van der Waals surface area (Å²) in [5, 5.41) is 11.7. The van der Waals surface area contributed by atoms with E-state index in [1.165, 1.54) is 0 Å². The molecule has 0 aliphatic heterocycles. The number of methoxy groups -OCH3 is 1. The molecule has 0 saturated carbocycles. The number of carbonyl (C=O) groups is 1. The lowest BCUT2D eigenvalue weighted by Gasteiger charge is -2.14. The van der Waals surface area contributed by atoms with Crippen LogP contribution in [0, 0.1) is 0 Å². The Balaban J connectivity index is 2.86. The highest BCUT2D eigenvalue weighted by molar-refractivity contribution is 9.10. The van der Waals surface area contributed by atoms with Crippen molar-refractivity contribution in [1.82, 2.24) is 5.32 Å². The van der Waals surface area contributed by atoms with Crippen molar-refractivity contribution in [2.45, 2.75) is 26.4 Å². The van der Waals surface area contributed by atoms with Crippen LogP contribution in [0.4, 0.5) is 0 Å². The molecule has 0 aliphatic rings. The van der Waals surface area contributed by atoms with Gasteiger partial charge in [-0.15, -0.1) is 0 Å². The van der Waals surface area contributed by atoms with E-state index in [2.05, 4.69) is 21.2 Å². The molecule has 2 N–H and O–H groups in total. The quantitative estimate of drug-likeness (QED) is 0.803. The van der Waals surface area contributed by atoms with E-state index in [0.717, 1.165) is 10.0 Å². The Kier molecular flexibility index (Phi) is 6.11. The summed E-state index contributed by atoms with van der Waals surface area (Å²) in [5.74, 6) is 0.396. The lowest BCUT2D eigenvalue weighted by Crippen LogP contribution is -2.33. The maximum Gasteiger partial charge on any atom is 0.320 e. The third kappa shape index (κ3) is 4.40. The zero-order valence-corrected chi connectivity index (χ0v) is 12.8. The van der Waals surface area contributed by atoms with Crippen molar-refractivity contribution >= 4 is 21.9 Å². The second-order valence-corrected chi connectivity index (χ2v) is 4.84. The van der Waals surface area contributed by atoms with E-state index >= 15 is 0 Å². The largest absolute Gasteiger partial charge is 0.493 e. The molecular formula is C13H18BrNO4. The van der Waals surface area contributed by atoms with Crippen molar-refractivity contribution in [1.29, 1.82) is 0 Å². The predicted molar refractivity (Wildman–Crippen MR) is 75.8 cm³/mol. The molecule has 0 radical (unpaired) electrons. The van der Waals surface area contributed by atoms with Crippen molar-refractivity contribution in [3.63, 3.8) is 0 Å². The highest BCUT2D eigenvalue weighted by atomic mass is 79.9. The fourth-order valence-corrected chi connectivity index (χ4v) is 2.12. The molecule has 5 nitrogen and oxygen atoms in total. The molecule has 0 heterocycles. The Morgan fingerprint density at radius 2 is 2.21 bits per heavy atom. The van der Waals surface area contributed by atoms with Gasteiger partial charge in [0.2, 0.25) is 0 Å². The molecule has 0 fully saturated rings. The van der Waals surface area contributed by atoms with Gasteiger partial charge in [-0.2, -0.15) is 0 Å². The van der Waals surface area contributed by atoms with Crippen LogP contribution in [0.5, 0.6) is 11.5 Å². The second kappa shape index (κ2) is 7.35. The average molecular weight is 332 g/mol. The van der Waals surface area contributed by atoms with Gasteiger partial charge in [-0.3, -0.25) is 4.79 Å². The minimum Gasteiger partial charge on any atom is -0.493 e. The first-order valence-corrected chi connectivity index (χ1v) is 6.74. The van der Waals surface area contributed by atoms with Crippen LogP contribution in [0.25, 0.3) is 0 Å². The number of carboxylic acids is 1. The molecule has 0 bridgehead atoms. The van der Waals surface area contributed by atoms with Crippen molar-refractivity contribution in [3.05, 3.63) is 22.2 Å². The predicted octanol–water partition coefficient (Wildman–Crippen LogP) is 2.42. The number of ether oxygens (including phenoxy) is 2. The number of aliphatic carboxylic acids is 1. The van der Waals surface area contributed by atoms with Gasteiger partial charge in [0.1, 0.15) is 6.04 Å². The third-order valence-corrected chi connectivity index (χ3v) is 3.15. The lowest BCUT2D eigenvalue weighted by atomic mass is 10.2. The number of carboxylic acid groups (broad SMARTS) is 1. The summed E-state index contributed by atoms with van der Waals surface area (Å²) in [5.41, 5.74) is 0.917. The molecule has 1 aromatic rings. The summed E-state index contributed by atoms with van der Waals surface area (Å²) in [6, 6.07) is 3.11. The molecule has 1 aromatic carbocycles. The molecule has 0 aliphatic carbocycles. The maximum absolute atomic E-state index is 10.7. The second-order valence-electron chi connectivity index (χ2n) is 3.98. The van der Waals surface area contributed by atoms with Gasteiger partial charge in [0.15, 0.2) is 11.5 Å². The van der Waals surface area contributed by atoms with E-state index in [0.29, 0.717) is 24.7 Å². The molecule has 6 heteroatoms. The number of benzene rings is 1. The number of nitrogens with one attached hydrogen (secondary N) is 1. The van der Waals surface area contributed by atoms with Crippen LogP contribution >= 0.6 is 15.9 Å². The van der Waals surface area contributed by atoms with Gasteiger partial charge >= 0.3 is 5.97 Å². The molecule has 1 unspecified atom stereocenters. The summed E-state index contributed by atoms with van der Waals surface area (Å²) < 4.78 is 11.6. The molecule has 0 saturated heterocycles. The van der Waals surface area contributed by atoms with E-state index < -0.39 is 12.0 Å². The zero-order valence-electron chi connectivity index (χ0n) is 11.2. The number of hydrogen-bond acceptors (Lipinski definition) is 4. The summed E-state index contributed by atoms with van der Waals surface area (Å²) in [7, 11) is 1.57. The molecule has 106 valence electrons. The Hall–Kier alpha value is -1.27. The molecule has 0 amide bonds. The number of hydrogen-bond donors (Lipinski definition) is 2. The Morgan fingerprint density at radius 1 is 1.53 bits per heavy atom.